The number of hydrogen-bond donors (Lipinski definition) is 0. The van der Waals surface area contributed by atoms with Gasteiger partial charge in [-0.2, -0.15) is 17.6 Å². The predicted octanol–water partition coefficient (Wildman–Crippen LogP) is 6.45. The summed E-state index contributed by atoms with van der Waals surface area (Å²) < 4.78 is 74.6. The van der Waals surface area contributed by atoms with E-state index in [1.54, 1.807) is 0 Å². The van der Waals surface area contributed by atoms with Crippen LogP contribution in [0.15, 0.2) is 36.7 Å². The van der Waals surface area contributed by atoms with Gasteiger partial charge in [0.15, 0.2) is 17.9 Å². The Morgan fingerprint density at radius 3 is 2.17 bits per heavy atom. The van der Waals surface area contributed by atoms with Gasteiger partial charge in [-0.25, -0.2) is 9.97 Å². The molecule has 0 aliphatic carbocycles. The molecule has 2 atom stereocenters. The second-order valence-electron chi connectivity index (χ2n) is 8.33. The topological polar surface area (TPSA) is 79.8 Å². The summed E-state index contributed by atoms with van der Waals surface area (Å²) >= 11 is 6.00. The summed E-state index contributed by atoms with van der Waals surface area (Å²) in [6, 6.07) is 4.72. The molecule has 1 aromatic heterocycles. The minimum Gasteiger partial charge on any atom is -0.426 e. The van der Waals surface area contributed by atoms with E-state index in [-0.39, 0.29) is 24.1 Å². The van der Waals surface area contributed by atoms with E-state index in [2.05, 4.69) is 19.4 Å². The van der Waals surface area contributed by atoms with E-state index in [9.17, 15) is 22.4 Å². The lowest BCUT2D eigenvalue weighted by molar-refractivity contribution is -0.434. The molecule has 1 heterocycles. The van der Waals surface area contributed by atoms with Crippen LogP contribution >= 0.6 is 11.6 Å². The first-order chi connectivity index (χ1) is 16.8. The standard InChI is InChI=1S/C24H29ClF4N2O5/c1-5-6-11-33-16(4)35-23(26,27)24(28,29)36-18-9-7-17(8-10-18)21-30-13-19(14-31-21)34-22(32)20(25)12-15(2)3/h7-10,13-16,20H,5-6,11-12H2,1-4H3. The molecule has 0 saturated heterocycles. The fourth-order valence-electron chi connectivity index (χ4n) is 2.79. The minimum atomic E-state index is -4.96. The number of carbonyl (C=O) groups excluding carboxylic acids is 1. The molecule has 0 aliphatic rings. The number of benzene rings is 1. The summed E-state index contributed by atoms with van der Waals surface area (Å²) in [6.07, 6.45) is -7.21. The first-order valence-corrected chi connectivity index (χ1v) is 11.8. The van der Waals surface area contributed by atoms with Gasteiger partial charge < -0.3 is 14.2 Å². The van der Waals surface area contributed by atoms with Gasteiger partial charge in [-0.05, 0) is 49.9 Å². The van der Waals surface area contributed by atoms with Crippen LogP contribution in [0.3, 0.4) is 0 Å². The van der Waals surface area contributed by atoms with E-state index in [4.69, 9.17) is 21.1 Å². The quantitative estimate of drug-likeness (QED) is 0.0902. The van der Waals surface area contributed by atoms with Crippen molar-refractivity contribution >= 4 is 17.6 Å². The van der Waals surface area contributed by atoms with Crippen LogP contribution in [-0.2, 0) is 14.3 Å². The number of ether oxygens (including phenoxy) is 4. The van der Waals surface area contributed by atoms with Gasteiger partial charge in [0.25, 0.3) is 0 Å². The van der Waals surface area contributed by atoms with Crippen LogP contribution in [0.5, 0.6) is 11.5 Å². The SMILES string of the molecule is CCCCOC(C)OC(F)(F)C(F)(F)Oc1ccc(-c2ncc(OC(=O)C(Cl)CC(C)C)cn2)cc1. The predicted molar refractivity (Wildman–Crippen MR) is 124 cm³/mol. The highest BCUT2D eigenvalue weighted by Gasteiger charge is 2.62. The molecule has 0 fully saturated rings. The zero-order chi connectivity index (χ0) is 26.9. The van der Waals surface area contributed by atoms with E-state index in [1.807, 2.05) is 20.8 Å². The molecule has 0 radical (unpaired) electrons. The van der Waals surface area contributed by atoms with Gasteiger partial charge in [0.2, 0.25) is 0 Å². The number of carbonyl (C=O) groups is 1. The van der Waals surface area contributed by atoms with E-state index in [0.717, 1.165) is 25.5 Å². The van der Waals surface area contributed by atoms with Gasteiger partial charge in [0.05, 0.1) is 12.4 Å². The van der Waals surface area contributed by atoms with Gasteiger partial charge in [0, 0.05) is 12.2 Å². The number of esters is 1. The van der Waals surface area contributed by atoms with Crippen LogP contribution in [0.2, 0.25) is 0 Å². The zero-order valence-corrected chi connectivity index (χ0v) is 21.1. The molecule has 200 valence electrons. The van der Waals surface area contributed by atoms with Crippen molar-refractivity contribution in [3.05, 3.63) is 36.7 Å². The molecule has 2 rings (SSSR count). The van der Waals surface area contributed by atoms with E-state index < -0.39 is 35.6 Å². The maximum Gasteiger partial charge on any atom is 0.494 e. The van der Waals surface area contributed by atoms with Crippen LogP contribution < -0.4 is 9.47 Å². The van der Waals surface area contributed by atoms with E-state index >= 15 is 0 Å². The van der Waals surface area contributed by atoms with Crippen molar-refractivity contribution in [1.82, 2.24) is 9.97 Å². The molecule has 0 aliphatic heterocycles. The number of rotatable bonds is 14. The van der Waals surface area contributed by atoms with Gasteiger partial charge in [-0.15, -0.1) is 11.6 Å². The molecule has 36 heavy (non-hydrogen) atoms. The Hall–Kier alpha value is -2.50. The van der Waals surface area contributed by atoms with Gasteiger partial charge in [-0.1, -0.05) is 27.2 Å². The number of unbranched alkanes of at least 4 members (excludes halogenated alkanes) is 1. The molecule has 7 nitrogen and oxygen atoms in total. The van der Waals surface area contributed by atoms with Crippen molar-refractivity contribution in [3.8, 4) is 22.9 Å². The molecular formula is C24H29ClF4N2O5. The summed E-state index contributed by atoms with van der Waals surface area (Å²) in [5.74, 6) is -0.711. The fourth-order valence-corrected chi connectivity index (χ4v) is 3.19. The molecule has 2 unspecified atom stereocenters. The Morgan fingerprint density at radius 2 is 1.61 bits per heavy atom. The lowest BCUT2D eigenvalue weighted by atomic mass is 10.1. The van der Waals surface area contributed by atoms with Crippen LogP contribution in [-0.4, -0.2) is 46.4 Å². The van der Waals surface area contributed by atoms with Crippen molar-refractivity contribution in [3.63, 3.8) is 0 Å². The van der Waals surface area contributed by atoms with Crippen LogP contribution in [0.25, 0.3) is 11.4 Å². The third-order valence-corrected chi connectivity index (χ3v) is 5.00. The Bertz CT molecular complexity index is 962. The molecular weight excluding hydrogens is 508 g/mol. The van der Waals surface area contributed by atoms with Crippen LogP contribution in [0, 0.1) is 5.92 Å². The summed E-state index contributed by atoms with van der Waals surface area (Å²) in [6.45, 7) is 6.89. The Balaban J connectivity index is 1.99. The number of alkyl halides is 5. The van der Waals surface area contributed by atoms with E-state index in [1.165, 1.54) is 24.5 Å². The molecule has 0 saturated carbocycles. The van der Waals surface area contributed by atoms with E-state index in [0.29, 0.717) is 18.4 Å². The first-order valence-electron chi connectivity index (χ1n) is 11.4. The lowest BCUT2D eigenvalue weighted by Gasteiger charge is -2.28. The Labute approximate surface area is 212 Å². The maximum absolute atomic E-state index is 14.1. The lowest BCUT2D eigenvalue weighted by Crippen LogP contribution is -2.49. The highest BCUT2D eigenvalue weighted by atomic mass is 35.5. The van der Waals surface area contributed by atoms with Crippen molar-refractivity contribution in [1.29, 1.82) is 0 Å². The maximum atomic E-state index is 14.1. The molecule has 1 aromatic carbocycles. The zero-order valence-electron chi connectivity index (χ0n) is 20.4. The number of nitrogens with zero attached hydrogens (tertiary/aromatic N) is 2. The number of aromatic nitrogens is 2. The molecule has 0 spiro atoms. The molecule has 12 heteroatoms. The van der Waals surface area contributed by atoms with Gasteiger partial charge >= 0.3 is 18.2 Å². The summed E-state index contributed by atoms with van der Waals surface area (Å²) in [7, 11) is 0. The van der Waals surface area contributed by atoms with Crippen molar-refractivity contribution in [2.75, 3.05) is 6.61 Å². The highest BCUT2D eigenvalue weighted by molar-refractivity contribution is 6.30. The summed E-state index contributed by atoms with van der Waals surface area (Å²) in [4.78, 5) is 20.1. The van der Waals surface area contributed by atoms with Crippen molar-refractivity contribution in [2.45, 2.75) is 70.8 Å². The van der Waals surface area contributed by atoms with Crippen molar-refractivity contribution in [2.24, 2.45) is 5.92 Å². The minimum absolute atomic E-state index is 0.0767. The monoisotopic (exact) mass is 536 g/mol. The largest absolute Gasteiger partial charge is 0.494 e. The summed E-state index contributed by atoms with van der Waals surface area (Å²) in [5.41, 5.74) is 0.375. The van der Waals surface area contributed by atoms with Crippen molar-refractivity contribution < 1.29 is 41.3 Å². The molecule has 0 bridgehead atoms. The third kappa shape index (κ3) is 8.86. The smallest absolute Gasteiger partial charge is 0.426 e. The average Bonchev–Trinajstić information content (AvgIpc) is 2.79. The highest BCUT2D eigenvalue weighted by Crippen LogP contribution is 2.38. The molecule has 0 amide bonds. The van der Waals surface area contributed by atoms with Crippen LogP contribution in [0.4, 0.5) is 17.6 Å². The molecule has 2 aromatic rings. The van der Waals surface area contributed by atoms with Gasteiger partial charge in [0.1, 0.15) is 11.1 Å². The Morgan fingerprint density at radius 1 is 1.00 bits per heavy atom. The first kappa shape index (κ1) is 29.7. The summed E-state index contributed by atoms with van der Waals surface area (Å²) in [5, 5.41) is -0.815. The normalized spacial score (nSPS) is 13.9. The molecule has 0 N–H and O–H groups in total. The Kier molecular flexibility index (Phi) is 10.9. The third-order valence-electron chi connectivity index (χ3n) is 4.64. The second kappa shape index (κ2) is 13.2. The van der Waals surface area contributed by atoms with Crippen LogP contribution in [0.1, 0.15) is 47.0 Å². The number of halogens is 5. The number of hydrogen-bond acceptors (Lipinski definition) is 7. The average molecular weight is 537 g/mol. The fraction of sp³-hybridized carbons (Fsp3) is 0.542. The second-order valence-corrected chi connectivity index (χ2v) is 8.86. The van der Waals surface area contributed by atoms with Gasteiger partial charge in [-0.3, -0.25) is 9.53 Å².